The van der Waals surface area contributed by atoms with Gasteiger partial charge in [-0.2, -0.15) is 0 Å². The third kappa shape index (κ3) is 3.97. The minimum Gasteiger partial charge on any atom is -0.349 e. The Balaban J connectivity index is 1.31. The van der Waals surface area contributed by atoms with Gasteiger partial charge < -0.3 is 15.5 Å². The number of amides is 3. The molecule has 1 aromatic rings. The van der Waals surface area contributed by atoms with Gasteiger partial charge in [-0.25, -0.2) is 0 Å². The number of hydrogen-bond donors (Lipinski definition) is 2. The molecule has 5 rings (SSSR count). The first kappa shape index (κ1) is 25.0. The number of carbonyl (C=O) groups excluding carboxylic acids is 3. The molecule has 0 saturated heterocycles. The second kappa shape index (κ2) is 9.04. The lowest BCUT2D eigenvalue weighted by atomic mass is 9.47. The Hall–Kier alpha value is -2.63. The van der Waals surface area contributed by atoms with Crippen molar-refractivity contribution in [2.75, 3.05) is 12.4 Å². The fraction of sp³-hybridized carbons (Fsp3) is 0.633. The quantitative estimate of drug-likeness (QED) is 0.621. The predicted octanol–water partition coefficient (Wildman–Crippen LogP) is 5.02. The van der Waals surface area contributed by atoms with Crippen LogP contribution in [0.15, 0.2) is 36.4 Å². The molecule has 8 atom stereocenters. The number of nitrogens with zero attached hydrogens (tertiary/aromatic N) is 1. The number of rotatable bonds is 4. The molecule has 3 fully saturated rings. The van der Waals surface area contributed by atoms with Gasteiger partial charge in [0.15, 0.2) is 0 Å². The molecule has 3 aliphatic carbocycles. The SMILES string of the molecule is CC(=O)Nc1cccc(C(=O)NC(C)[C@H]2CC[C@H]3[C@@H]4CC[C@H]5N(C)C(=O)C=C[C@]5(C)[C@H]4CC[C@]23C)c1. The third-order valence-corrected chi connectivity index (χ3v) is 10.6. The molecule has 0 bridgehead atoms. The summed E-state index contributed by atoms with van der Waals surface area (Å²) in [5.74, 6) is 2.32. The first-order valence-electron chi connectivity index (χ1n) is 13.7. The van der Waals surface area contributed by atoms with Crippen LogP contribution in [0.3, 0.4) is 0 Å². The number of fused-ring (bicyclic) bond motifs is 5. The molecule has 0 radical (unpaired) electrons. The minimum absolute atomic E-state index is 0.0593. The molecule has 0 spiro atoms. The lowest BCUT2D eigenvalue weighted by molar-refractivity contribution is -0.139. The topological polar surface area (TPSA) is 78.5 Å². The Morgan fingerprint density at radius 1 is 1.08 bits per heavy atom. The molecular weight excluding hydrogens is 450 g/mol. The fourth-order valence-corrected chi connectivity index (χ4v) is 8.93. The number of likely N-dealkylation sites (N-methyl/N-ethyl adjacent to an activating group) is 1. The van der Waals surface area contributed by atoms with E-state index >= 15 is 0 Å². The Labute approximate surface area is 215 Å². The van der Waals surface area contributed by atoms with Crippen molar-refractivity contribution < 1.29 is 14.4 Å². The molecule has 1 unspecified atom stereocenters. The molecule has 6 nitrogen and oxygen atoms in total. The smallest absolute Gasteiger partial charge is 0.251 e. The lowest BCUT2D eigenvalue weighted by Crippen LogP contribution is -2.60. The van der Waals surface area contributed by atoms with Gasteiger partial charge in [0, 0.05) is 42.7 Å². The highest BCUT2D eigenvalue weighted by Gasteiger charge is 2.61. The molecule has 194 valence electrons. The number of hydrogen-bond acceptors (Lipinski definition) is 3. The summed E-state index contributed by atoms with van der Waals surface area (Å²) < 4.78 is 0. The standard InChI is InChI=1S/C30H41N3O3/c1-18(31-28(36)20-7-6-8-21(17-20)32-19(2)34)23-10-11-24-22-9-12-26-30(4,16-14-27(35)33(26)5)25(22)13-15-29(23,24)3/h6-8,14,16-18,22-26H,9-13,15H2,1-5H3,(H,31,36)(H,32,34)/t18?,22-,23+,24-,25-,26+,29+,30+/m0/s1. The minimum atomic E-state index is -0.147. The van der Waals surface area contributed by atoms with Crippen LogP contribution in [0, 0.1) is 34.5 Å². The number of carbonyl (C=O) groups is 3. The van der Waals surface area contributed by atoms with Gasteiger partial charge in [-0.15, -0.1) is 0 Å². The fourth-order valence-electron chi connectivity index (χ4n) is 8.93. The molecule has 6 heteroatoms. The van der Waals surface area contributed by atoms with Gasteiger partial charge in [0.05, 0.1) is 0 Å². The van der Waals surface area contributed by atoms with Crippen LogP contribution in [0.4, 0.5) is 5.69 Å². The maximum Gasteiger partial charge on any atom is 0.251 e. The zero-order valence-electron chi connectivity index (χ0n) is 22.3. The van der Waals surface area contributed by atoms with E-state index in [-0.39, 0.29) is 34.6 Å². The lowest BCUT2D eigenvalue weighted by Gasteiger charge is -2.60. The van der Waals surface area contributed by atoms with E-state index in [1.165, 1.54) is 32.6 Å². The van der Waals surface area contributed by atoms with Crippen molar-refractivity contribution in [2.45, 2.75) is 78.3 Å². The van der Waals surface area contributed by atoms with E-state index in [0.717, 1.165) is 12.8 Å². The Morgan fingerprint density at radius 3 is 2.61 bits per heavy atom. The summed E-state index contributed by atoms with van der Waals surface area (Å²) in [5, 5.41) is 6.07. The van der Waals surface area contributed by atoms with Gasteiger partial charge in [-0.1, -0.05) is 26.0 Å². The van der Waals surface area contributed by atoms with E-state index < -0.39 is 0 Å². The summed E-state index contributed by atoms with van der Waals surface area (Å²) in [6.07, 6.45) is 11.1. The van der Waals surface area contributed by atoms with E-state index in [1.54, 1.807) is 24.3 Å². The number of anilines is 1. The van der Waals surface area contributed by atoms with E-state index in [4.69, 9.17) is 0 Å². The van der Waals surface area contributed by atoms with Gasteiger partial charge in [0.25, 0.3) is 5.91 Å². The van der Waals surface area contributed by atoms with Crippen LogP contribution in [-0.2, 0) is 9.59 Å². The Morgan fingerprint density at radius 2 is 1.86 bits per heavy atom. The van der Waals surface area contributed by atoms with Gasteiger partial charge in [0.2, 0.25) is 11.8 Å². The third-order valence-electron chi connectivity index (χ3n) is 10.6. The van der Waals surface area contributed by atoms with Crippen molar-refractivity contribution in [3.8, 4) is 0 Å². The maximum absolute atomic E-state index is 13.1. The largest absolute Gasteiger partial charge is 0.349 e. The average molecular weight is 492 g/mol. The number of nitrogens with one attached hydrogen (secondary N) is 2. The van der Waals surface area contributed by atoms with E-state index in [0.29, 0.717) is 41.0 Å². The van der Waals surface area contributed by atoms with Crippen molar-refractivity contribution in [3.63, 3.8) is 0 Å². The predicted molar refractivity (Wildman–Crippen MR) is 141 cm³/mol. The molecule has 36 heavy (non-hydrogen) atoms. The summed E-state index contributed by atoms with van der Waals surface area (Å²) in [6.45, 7) is 8.51. The second-order valence-electron chi connectivity index (χ2n) is 12.4. The molecule has 1 aliphatic heterocycles. The maximum atomic E-state index is 13.1. The van der Waals surface area contributed by atoms with Crippen LogP contribution in [0.5, 0.6) is 0 Å². The van der Waals surface area contributed by atoms with Crippen molar-refractivity contribution in [2.24, 2.45) is 34.5 Å². The van der Waals surface area contributed by atoms with Crippen molar-refractivity contribution in [3.05, 3.63) is 42.0 Å². The van der Waals surface area contributed by atoms with Gasteiger partial charge in [-0.3, -0.25) is 14.4 Å². The van der Waals surface area contributed by atoms with Crippen LogP contribution >= 0.6 is 0 Å². The van der Waals surface area contributed by atoms with E-state index in [1.807, 2.05) is 18.0 Å². The Bertz CT molecular complexity index is 1100. The zero-order valence-corrected chi connectivity index (χ0v) is 22.3. The summed E-state index contributed by atoms with van der Waals surface area (Å²) in [5.41, 5.74) is 1.49. The number of benzene rings is 1. The molecular formula is C30H41N3O3. The summed E-state index contributed by atoms with van der Waals surface area (Å²) in [7, 11) is 1.98. The van der Waals surface area contributed by atoms with E-state index in [9.17, 15) is 14.4 Å². The van der Waals surface area contributed by atoms with Gasteiger partial charge >= 0.3 is 0 Å². The first-order valence-corrected chi connectivity index (χ1v) is 13.7. The molecule has 0 aromatic heterocycles. The second-order valence-corrected chi connectivity index (χ2v) is 12.4. The molecule has 2 N–H and O–H groups in total. The van der Waals surface area contributed by atoms with Crippen molar-refractivity contribution in [1.29, 1.82) is 0 Å². The molecule has 1 aromatic carbocycles. The van der Waals surface area contributed by atoms with Gasteiger partial charge in [-0.05, 0) is 98.8 Å². The first-order chi connectivity index (χ1) is 17.0. The highest BCUT2D eigenvalue weighted by Crippen LogP contribution is 2.65. The van der Waals surface area contributed by atoms with Crippen LogP contribution in [-0.4, -0.2) is 41.8 Å². The molecule has 4 aliphatic rings. The summed E-state index contributed by atoms with van der Waals surface area (Å²) in [6, 6.07) is 7.54. The Kier molecular flexibility index (Phi) is 6.29. The van der Waals surface area contributed by atoms with Crippen molar-refractivity contribution in [1.82, 2.24) is 10.2 Å². The van der Waals surface area contributed by atoms with Gasteiger partial charge in [0.1, 0.15) is 0 Å². The van der Waals surface area contributed by atoms with E-state index in [2.05, 4.69) is 37.5 Å². The summed E-state index contributed by atoms with van der Waals surface area (Å²) >= 11 is 0. The average Bonchev–Trinajstić information content (AvgIpc) is 3.19. The zero-order chi connectivity index (χ0) is 25.8. The monoisotopic (exact) mass is 491 g/mol. The molecule has 3 amide bonds. The van der Waals surface area contributed by atoms with Crippen LogP contribution in [0.2, 0.25) is 0 Å². The highest BCUT2D eigenvalue weighted by molar-refractivity contribution is 5.97. The van der Waals surface area contributed by atoms with Crippen molar-refractivity contribution >= 4 is 23.4 Å². The molecule has 1 heterocycles. The van der Waals surface area contributed by atoms with Crippen LogP contribution in [0.25, 0.3) is 0 Å². The van der Waals surface area contributed by atoms with Crippen LogP contribution in [0.1, 0.15) is 76.6 Å². The normalized spacial score (nSPS) is 38.0. The van der Waals surface area contributed by atoms with Crippen LogP contribution < -0.4 is 10.6 Å². The highest BCUT2D eigenvalue weighted by atomic mass is 16.2. The molecule has 3 saturated carbocycles. The summed E-state index contributed by atoms with van der Waals surface area (Å²) in [4.78, 5) is 38.9.